The minimum absolute atomic E-state index is 0.00752. The van der Waals surface area contributed by atoms with Crippen LogP contribution >= 0.6 is 0 Å². The number of rotatable bonds is 8. The molecule has 0 spiro atoms. The molecule has 1 saturated heterocycles. The van der Waals surface area contributed by atoms with Gasteiger partial charge in [0.05, 0.1) is 24.6 Å². The Hall–Kier alpha value is -2.87. The molecule has 0 amide bonds. The summed E-state index contributed by atoms with van der Waals surface area (Å²) in [7, 11) is -0.558. The van der Waals surface area contributed by atoms with Crippen molar-refractivity contribution in [1.82, 2.24) is 33.9 Å². The van der Waals surface area contributed by atoms with E-state index in [1.54, 1.807) is 27.3 Å². The zero-order valence-corrected chi connectivity index (χ0v) is 20.5. The molecule has 34 heavy (non-hydrogen) atoms. The van der Waals surface area contributed by atoms with E-state index in [1.165, 1.54) is 21.3 Å². The predicted molar refractivity (Wildman–Crippen MR) is 125 cm³/mol. The van der Waals surface area contributed by atoms with Crippen LogP contribution < -0.4 is 10.3 Å². The van der Waals surface area contributed by atoms with Gasteiger partial charge >= 0.3 is 0 Å². The number of ether oxygens (including phenoxy) is 2. The van der Waals surface area contributed by atoms with Gasteiger partial charge in [-0.2, -0.15) is 9.40 Å². The van der Waals surface area contributed by atoms with Crippen molar-refractivity contribution in [2.24, 2.45) is 7.05 Å². The summed E-state index contributed by atoms with van der Waals surface area (Å²) >= 11 is 0. The van der Waals surface area contributed by atoms with Crippen molar-refractivity contribution >= 4 is 21.1 Å². The first-order valence-corrected chi connectivity index (χ1v) is 12.5. The minimum atomic E-state index is -3.80. The molecule has 0 radical (unpaired) electrons. The van der Waals surface area contributed by atoms with Gasteiger partial charge < -0.3 is 19.4 Å². The first-order chi connectivity index (χ1) is 16.2. The number of hydrogen-bond donors (Lipinski definition) is 1. The maximum atomic E-state index is 13.4. The second-order valence-electron chi connectivity index (χ2n) is 8.20. The number of fused-ring (bicyclic) bond motifs is 1. The van der Waals surface area contributed by atoms with Crippen LogP contribution in [0.2, 0.25) is 0 Å². The van der Waals surface area contributed by atoms with E-state index in [1.807, 2.05) is 0 Å². The van der Waals surface area contributed by atoms with Gasteiger partial charge in [0.2, 0.25) is 15.9 Å². The normalized spacial score (nSPS) is 16.7. The molecule has 184 valence electrons. The molecule has 1 N–H and O–H groups in total. The van der Waals surface area contributed by atoms with Crippen LogP contribution in [0.25, 0.3) is 22.4 Å². The first kappa shape index (κ1) is 24.3. The van der Waals surface area contributed by atoms with Crippen molar-refractivity contribution in [1.29, 1.82) is 0 Å². The topological polar surface area (TPSA) is 136 Å². The maximum Gasteiger partial charge on any atom is 0.279 e. The number of hydrogen-bond acceptors (Lipinski definition) is 9. The van der Waals surface area contributed by atoms with Gasteiger partial charge in [0.15, 0.2) is 5.52 Å². The summed E-state index contributed by atoms with van der Waals surface area (Å²) in [6.07, 6.45) is 2.53. The van der Waals surface area contributed by atoms with Crippen LogP contribution in [-0.4, -0.2) is 94.9 Å². The Kier molecular flexibility index (Phi) is 6.98. The largest absolute Gasteiger partial charge is 0.472 e. The summed E-state index contributed by atoms with van der Waals surface area (Å²) in [6.45, 7) is 7.15. The fourth-order valence-electron chi connectivity index (χ4n) is 3.89. The molecular weight excluding hydrogens is 462 g/mol. The van der Waals surface area contributed by atoms with Crippen LogP contribution in [-0.2, 0) is 21.8 Å². The van der Waals surface area contributed by atoms with E-state index in [0.717, 1.165) is 6.54 Å². The molecule has 0 aliphatic carbocycles. The number of nitrogens with zero attached hydrogens (tertiary/aromatic N) is 6. The molecule has 4 heterocycles. The Morgan fingerprint density at radius 1 is 1.24 bits per heavy atom. The average molecular weight is 492 g/mol. The van der Waals surface area contributed by atoms with Gasteiger partial charge in [-0.1, -0.05) is 6.92 Å². The summed E-state index contributed by atoms with van der Waals surface area (Å²) < 4.78 is 40.8. The highest BCUT2D eigenvalue weighted by molar-refractivity contribution is 7.89. The average Bonchev–Trinajstić information content (AvgIpc) is 3.20. The molecule has 0 aromatic carbocycles. The number of methoxy groups -OCH3 is 1. The van der Waals surface area contributed by atoms with Crippen molar-refractivity contribution in [3.8, 4) is 17.3 Å². The van der Waals surface area contributed by atoms with E-state index in [0.29, 0.717) is 38.3 Å². The van der Waals surface area contributed by atoms with Gasteiger partial charge in [-0.05, 0) is 19.5 Å². The summed E-state index contributed by atoms with van der Waals surface area (Å²) in [5, 5.41) is 4.11. The molecule has 0 saturated carbocycles. The zero-order valence-electron chi connectivity index (χ0n) is 19.7. The Morgan fingerprint density at radius 3 is 2.65 bits per heavy atom. The third-order valence-corrected chi connectivity index (χ3v) is 7.56. The minimum Gasteiger partial charge on any atom is -0.472 e. The highest BCUT2D eigenvalue weighted by Gasteiger charge is 2.30. The van der Waals surface area contributed by atoms with Crippen LogP contribution in [0.5, 0.6) is 5.88 Å². The maximum absolute atomic E-state index is 13.4. The second kappa shape index (κ2) is 9.78. The molecule has 12 nitrogen and oxygen atoms in total. The van der Waals surface area contributed by atoms with Gasteiger partial charge in [0.1, 0.15) is 22.3 Å². The van der Waals surface area contributed by atoms with Gasteiger partial charge in [-0.3, -0.25) is 9.48 Å². The molecule has 3 aromatic heterocycles. The quantitative estimate of drug-likeness (QED) is 0.476. The molecule has 1 aliphatic heterocycles. The van der Waals surface area contributed by atoms with Crippen molar-refractivity contribution in [3.05, 3.63) is 28.8 Å². The van der Waals surface area contributed by atoms with Gasteiger partial charge in [0, 0.05) is 40.3 Å². The van der Waals surface area contributed by atoms with Crippen LogP contribution in [0, 0.1) is 0 Å². The number of nitrogens with one attached hydrogen (secondary N) is 1. The molecule has 13 heteroatoms. The number of aromatic amines is 1. The highest BCUT2D eigenvalue weighted by Crippen LogP contribution is 2.30. The summed E-state index contributed by atoms with van der Waals surface area (Å²) in [6, 6.07) is 1.45. The van der Waals surface area contributed by atoms with E-state index in [9.17, 15) is 13.2 Å². The summed E-state index contributed by atoms with van der Waals surface area (Å²) in [4.78, 5) is 26.3. The van der Waals surface area contributed by atoms with Crippen LogP contribution in [0.1, 0.15) is 13.8 Å². The van der Waals surface area contributed by atoms with E-state index in [-0.39, 0.29) is 33.8 Å². The molecule has 1 fully saturated rings. The van der Waals surface area contributed by atoms with Crippen molar-refractivity contribution in [2.75, 3.05) is 46.4 Å². The van der Waals surface area contributed by atoms with Crippen LogP contribution in [0.15, 0.2) is 28.2 Å². The van der Waals surface area contributed by atoms with E-state index >= 15 is 0 Å². The Morgan fingerprint density at radius 2 is 1.97 bits per heavy atom. The van der Waals surface area contributed by atoms with Crippen molar-refractivity contribution < 1.29 is 17.9 Å². The lowest BCUT2D eigenvalue weighted by Crippen LogP contribution is -2.48. The third kappa shape index (κ3) is 4.82. The molecular formula is C21H29N7O5S. The summed E-state index contributed by atoms with van der Waals surface area (Å²) in [5.41, 5.74) is 0.382. The molecule has 0 unspecified atom stereocenters. The predicted octanol–water partition coefficient (Wildman–Crippen LogP) is 0.459. The SMILES string of the molecule is CCN1CCN(S(=O)(=O)c2cnc(O[C@H](C)COC)c(-c3nc4cn(C)nc4c(=O)[nH]3)c2)CC1. The number of piperazine rings is 1. The van der Waals surface area contributed by atoms with Gasteiger partial charge in [-0.15, -0.1) is 0 Å². The molecule has 1 aliphatic rings. The zero-order chi connectivity index (χ0) is 24.5. The number of aryl methyl sites for hydroxylation is 1. The van der Waals surface area contributed by atoms with Gasteiger partial charge in [0.25, 0.3) is 5.56 Å². The Labute approximate surface area is 197 Å². The molecule has 1 atom stereocenters. The molecule has 3 aromatic rings. The number of sulfonamides is 1. The molecule has 0 bridgehead atoms. The number of likely N-dealkylation sites (N-methyl/N-ethyl adjacent to an activating group) is 1. The third-order valence-electron chi connectivity index (χ3n) is 5.70. The van der Waals surface area contributed by atoms with Crippen molar-refractivity contribution in [3.63, 3.8) is 0 Å². The number of aromatic nitrogens is 5. The highest BCUT2D eigenvalue weighted by atomic mass is 32.2. The monoisotopic (exact) mass is 491 g/mol. The standard InChI is InChI=1S/C21H29N7O5S/c1-5-27-6-8-28(9-7-27)34(30,31)15-10-16(21(22-11-15)33-14(2)13-32-4)19-23-17-12-26(3)25-18(17)20(29)24-19/h10-12,14H,5-9,13H2,1-4H3,(H,23,24,29)/t14-/m1/s1. The van der Waals surface area contributed by atoms with Crippen molar-refractivity contribution in [2.45, 2.75) is 24.8 Å². The number of H-pyrrole nitrogens is 1. The smallest absolute Gasteiger partial charge is 0.279 e. The Balaban J connectivity index is 1.78. The second-order valence-corrected chi connectivity index (χ2v) is 10.1. The lowest BCUT2D eigenvalue weighted by atomic mass is 10.2. The first-order valence-electron chi connectivity index (χ1n) is 11.0. The fourth-order valence-corrected chi connectivity index (χ4v) is 5.29. The number of pyridine rings is 1. The molecule has 4 rings (SSSR count). The van der Waals surface area contributed by atoms with E-state index in [4.69, 9.17) is 9.47 Å². The summed E-state index contributed by atoms with van der Waals surface area (Å²) in [5.74, 6) is 0.288. The van der Waals surface area contributed by atoms with E-state index in [2.05, 4.69) is 31.9 Å². The van der Waals surface area contributed by atoms with E-state index < -0.39 is 15.6 Å². The lowest BCUT2D eigenvalue weighted by Gasteiger charge is -2.33. The van der Waals surface area contributed by atoms with Crippen LogP contribution in [0.3, 0.4) is 0 Å². The van der Waals surface area contributed by atoms with Crippen LogP contribution in [0.4, 0.5) is 0 Å². The Bertz CT molecular complexity index is 1330. The fraction of sp³-hybridized carbons (Fsp3) is 0.524. The lowest BCUT2D eigenvalue weighted by molar-refractivity contribution is 0.0893. The van der Waals surface area contributed by atoms with Gasteiger partial charge in [-0.25, -0.2) is 18.4 Å².